The van der Waals surface area contributed by atoms with Crippen molar-refractivity contribution >= 4 is 5.69 Å². The molecule has 0 amide bonds. The Morgan fingerprint density at radius 2 is 1.75 bits per heavy atom. The van der Waals surface area contributed by atoms with Crippen molar-refractivity contribution in [2.45, 2.75) is 6.54 Å². The minimum absolute atomic E-state index is 0.257. The molecule has 0 unspecified atom stereocenters. The van der Waals surface area contributed by atoms with Crippen LogP contribution in [0.25, 0.3) is 11.4 Å². The third kappa shape index (κ3) is 2.66. The predicted octanol–water partition coefficient (Wildman–Crippen LogP) is 3.49. The molecular weight excluding hydrogens is 257 g/mol. The highest BCUT2D eigenvalue weighted by molar-refractivity contribution is 5.54. The Balaban J connectivity index is 1.73. The Hall–Kier alpha value is -2.69. The van der Waals surface area contributed by atoms with Crippen LogP contribution < -0.4 is 5.32 Å². The lowest BCUT2D eigenvalue weighted by atomic mass is 10.2. The van der Waals surface area contributed by atoms with Crippen LogP contribution in [0, 0.1) is 5.82 Å². The maximum Gasteiger partial charge on any atom is 0.246 e. The van der Waals surface area contributed by atoms with Gasteiger partial charge in [-0.25, -0.2) is 4.39 Å². The molecule has 0 bridgehead atoms. The zero-order valence-electron chi connectivity index (χ0n) is 10.6. The Kier molecular flexibility index (Phi) is 3.41. The molecule has 0 atom stereocenters. The van der Waals surface area contributed by atoms with Crippen molar-refractivity contribution in [3.05, 3.63) is 66.3 Å². The number of para-hydroxylation sites is 1. The van der Waals surface area contributed by atoms with Gasteiger partial charge in [-0.15, -0.1) is 0 Å². The molecule has 0 aliphatic carbocycles. The van der Waals surface area contributed by atoms with E-state index < -0.39 is 0 Å². The van der Waals surface area contributed by atoms with Gasteiger partial charge in [-0.2, -0.15) is 4.98 Å². The highest BCUT2D eigenvalue weighted by atomic mass is 19.1. The number of nitrogens with one attached hydrogen (secondary N) is 1. The molecule has 2 aromatic carbocycles. The fourth-order valence-corrected chi connectivity index (χ4v) is 1.81. The van der Waals surface area contributed by atoms with E-state index >= 15 is 0 Å². The van der Waals surface area contributed by atoms with Gasteiger partial charge in [0, 0.05) is 5.69 Å². The highest BCUT2D eigenvalue weighted by Gasteiger charge is 2.11. The standard InChI is InChI=1S/C15H12FN3O/c16-13-9-5-4-8-12(13)15-18-14(20-19-15)10-17-11-6-2-1-3-7-11/h1-9,17H,10H2. The average Bonchev–Trinajstić information content (AvgIpc) is 2.95. The molecule has 1 N–H and O–H groups in total. The van der Waals surface area contributed by atoms with Gasteiger partial charge in [-0.05, 0) is 24.3 Å². The van der Waals surface area contributed by atoms with Crippen molar-refractivity contribution in [2.24, 2.45) is 0 Å². The average molecular weight is 269 g/mol. The summed E-state index contributed by atoms with van der Waals surface area (Å²) in [6.45, 7) is 0.394. The fourth-order valence-electron chi connectivity index (χ4n) is 1.81. The van der Waals surface area contributed by atoms with Gasteiger partial charge in [-0.3, -0.25) is 0 Å². The Morgan fingerprint density at radius 3 is 2.55 bits per heavy atom. The minimum Gasteiger partial charge on any atom is -0.376 e. The van der Waals surface area contributed by atoms with Gasteiger partial charge < -0.3 is 9.84 Å². The zero-order valence-corrected chi connectivity index (χ0v) is 10.6. The van der Waals surface area contributed by atoms with Gasteiger partial charge in [-0.1, -0.05) is 35.5 Å². The summed E-state index contributed by atoms with van der Waals surface area (Å²) in [5.41, 5.74) is 1.29. The summed E-state index contributed by atoms with van der Waals surface area (Å²) in [5, 5.41) is 6.94. The van der Waals surface area contributed by atoms with E-state index in [1.165, 1.54) is 6.07 Å². The van der Waals surface area contributed by atoms with E-state index in [9.17, 15) is 4.39 Å². The summed E-state index contributed by atoms with van der Waals surface area (Å²) in [6.07, 6.45) is 0. The lowest BCUT2D eigenvalue weighted by molar-refractivity contribution is 0.384. The lowest BCUT2D eigenvalue weighted by Gasteiger charge is -2.01. The van der Waals surface area contributed by atoms with Crippen molar-refractivity contribution in [3.8, 4) is 11.4 Å². The van der Waals surface area contributed by atoms with Crippen LogP contribution in [0.3, 0.4) is 0 Å². The molecule has 3 rings (SSSR count). The van der Waals surface area contributed by atoms with Crippen molar-refractivity contribution in [1.82, 2.24) is 10.1 Å². The van der Waals surface area contributed by atoms with E-state index in [2.05, 4.69) is 15.5 Å². The molecule has 0 aliphatic heterocycles. The molecular formula is C15H12FN3O. The monoisotopic (exact) mass is 269 g/mol. The second-order valence-electron chi connectivity index (χ2n) is 4.21. The number of hydrogen-bond acceptors (Lipinski definition) is 4. The van der Waals surface area contributed by atoms with E-state index in [4.69, 9.17) is 4.52 Å². The first kappa shape index (κ1) is 12.3. The minimum atomic E-state index is -0.365. The molecule has 1 heterocycles. The molecule has 20 heavy (non-hydrogen) atoms. The molecule has 100 valence electrons. The Labute approximate surface area is 115 Å². The van der Waals surface area contributed by atoms with Gasteiger partial charge in [0.25, 0.3) is 0 Å². The molecule has 0 aliphatic rings. The Morgan fingerprint density at radius 1 is 1.00 bits per heavy atom. The summed E-state index contributed by atoms with van der Waals surface area (Å²) < 4.78 is 18.7. The second kappa shape index (κ2) is 5.52. The van der Waals surface area contributed by atoms with E-state index in [1.54, 1.807) is 18.2 Å². The zero-order chi connectivity index (χ0) is 13.8. The van der Waals surface area contributed by atoms with Gasteiger partial charge >= 0.3 is 0 Å². The number of rotatable bonds is 4. The predicted molar refractivity (Wildman–Crippen MR) is 73.5 cm³/mol. The number of aromatic nitrogens is 2. The maximum atomic E-state index is 13.6. The SMILES string of the molecule is Fc1ccccc1-c1noc(CNc2ccccc2)n1. The van der Waals surface area contributed by atoms with E-state index in [-0.39, 0.29) is 11.6 Å². The lowest BCUT2D eigenvalue weighted by Crippen LogP contribution is -1.99. The molecule has 0 saturated heterocycles. The summed E-state index contributed by atoms with van der Waals surface area (Å²) in [6, 6.07) is 16.0. The van der Waals surface area contributed by atoms with E-state index in [1.807, 2.05) is 30.3 Å². The first-order valence-corrected chi connectivity index (χ1v) is 6.19. The van der Waals surface area contributed by atoms with Crippen LogP contribution in [0.5, 0.6) is 0 Å². The van der Waals surface area contributed by atoms with E-state index in [0.717, 1.165) is 5.69 Å². The first-order valence-electron chi connectivity index (χ1n) is 6.19. The molecule has 5 heteroatoms. The molecule has 3 aromatic rings. The molecule has 4 nitrogen and oxygen atoms in total. The topological polar surface area (TPSA) is 51.0 Å². The number of anilines is 1. The van der Waals surface area contributed by atoms with Gasteiger partial charge in [0.05, 0.1) is 12.1 Å². The largest absolute Gasteiger partial charge is 0.376 e. The van der Waals surface area contributed by atoms with Crippen LogP contribution in [-0.2, 0) is 6.54 Å². The smallest absolute Gasteiger partial charge is 0.246 e. The normalized spacial score (nSPS) is 10.4. The quantitative estimate of drug-likeness (QED) is 0.787. The molecule has 1 aromatic heterocycles. The highest BCUT2D eigenvalue weighted by Crippen LogP contribution is 2.19. The molecule has 0 spiro atoms. The number of nitrogens with zero attached hydrogens (tertiary/aromatic N) is 2. The second-order valence-corrected chi connectivity index (χ2v) is 4.21. The van der Waals surface area contributed by atoms with Crippen molar-refractivity contribution in [2.75, 3.05) is 5.32 Å². The van der Waals surface area contributed by atoms with Crippen molar-refractivity contribution in [3.63, 3.8) is 0 Å². The Bertz CT molecular complexity index is 697. The van der Waals surface area contributed by atoms with Gasteiger partial charge in [0.1, 0.15) is 5.82 Å². The number of benzene rings is 2. The number of halogens is 1. The molecule has 0 radical (unpaired) electrons. The van der Waals surface area contributed by atoms with Crippen LogP contribution in [0.4, 0.5) is 10.1 Å². The third-order valence-electron chi connectivity index (χ3n) is 2.80. The van der Waals surface area contributed by atoms with Crippen LogP contribution in [0.1, 0.15) is 5.89 Å². The van der Waals surface area contributed by atoms with Crippen LogP contribution in [0.15, 0.2) is 59.1 Å². The van der Waals surface area contributed by atoms with Gasteiger partial charge in [0.15, 0.2) is 0 Å². The first-order chi connectivity index (χ1) is 9.83. The maximum absolute atomic E-state index is 13.6. The van der Waals surface area contributed by atoms with Crippen LogP contribution in [-0.4, -0.2) is 10.1 Å². The summed E-state index contributed by atoms with van der Waals surface area (Å²) in [4.78, 5) is 4.18. The van der Waals surface area contributed by atoms with Crippen molar-refractivity contribution < 1.29 is 8.91 Å². The van der Waals surface area contributed by atoms with Crippen LogP contribution >= 0.6 is 0 Å². The molecule has 0 fully saturated rings. The summed E-state index contributed by atoms with van der Waals surface area (Å²) >= 11 is 0. The van der Waals surface area contributed by atoms with Crippen molar-refractivity contribution in [1.29, 1.82) is 0 Å². The molecule has 0 saturated carbocycles. The fraction of sp³-hybridized carbons (Fsp3) is 0.0667. The van der Waals surface area contributed by atoms with Gasteiger partial charge in [0.2, 0.25) is 11.7 Å². The summed E-state index contributed by atoms with van der Waals surface area (Å²) in [5.74, 6) is 0.302. The summed E-state index contributed by atoms with van der Waals surface area (Å²) in [7, 11) is 0. The van der Waals surface area contributed by atoms with Crippen LogP contribution in [0.2, 0.25) is 0 Å². The number of hydrogen-bond donors (Lipinski definition) is 1. The third-order valence-corrected chi connectivity index (χ3v) is 2.80. The van der Waals surface area contributed by atoms with E-state index in [0.29, 0.717) is 18.0 Å².